The highest BCUT2D eigenvalue weighted by molar-refractivity contribution is 7.86. The van der Waals surface area contributed by atoms with Crippen LogP contribution in [0.2, 0.25) is 0 Å². The summed E-state index contributed by atoms with van der Waals surface area (Å²) in [5, 5.41) is 24.4. The number of nitro benzene ring substituents is 2. The first-order valence-corrected chi connectivity index (χ1v) is 13.1. The molecule has 3 aromatic rings. The summed E-state index contributed by atoms with van der Waals surface area (Å²) in [4.78, 5) is 45.5. The monoisotopic (exact) mass is 571 g/mol. The number of esters is 1. The first-order valence-electron chi connectivity index (χ1n) is 11.7. The van der Waals surface area contributed by atoms with E-state index in [9.17, 15) is 38.2 Å². The molecule has 13 nitrogen and oxygen atoms in total. The van der Waals surface area contributed by atoms with Crippen molar-refractivity contribution in [1.82, 2.24) is 0 Å². The number of non-ortho nitro benzene ring substituents is 2. The largest absolute Gasteiger partial charge is 0.456 e. The zero-order valence-electron chi connectivity index (χ0n) is 21.6. The van der Waals surface area contributed by atoms with Crippen molar-refractivity contribution < 1.29 is 36.8 Å². The minimum atomic E-state index is -4.57. The van der Waals surface area contributed by atoms with Gasteiger partial charge in [-0.15, -0.1) is 0 Å². The maximum absolute atomic E-state index is 13.2. The summed E-state index contributed by atoms with van der Waals surface area (Å²) in [6.45, 7) is 5.15. The standard InChI is InChI=1S/C26H25N3O10S/c1-26(2,3)38-25(31)18-6-8-19(9-7-18)27-24(30)23(16-17-4-10-20(11-5-17)28(32)33)39-40(36,37)22-14-12-21(13-15-22)29(34)35/h4-15,23H,16H2,1-3H3,(H,27,30). The van der Waals surface area contributed by atoms with Crippen LogP contribution in [0.1, 0.15) is 36.7 Å². The smallest absolute Gasteiger partial charge is 0.338 e. The molecule has 1 unspecified atom stereocenters. The van der Waals surface area contributed by atoms with Crippen molar-refractivity contribution in [2.75, 3.05) is 5.32 Å². The molecule has 0 aliphatic carbocycles. The number of rotatable bonds is 10. The van der Waals surface area contributed by atoms with Crippen LogP contribution >= 0.6 is 0 Å². The third-order valence-corrected chi connectivity index (χ3v) is 6.56. The summed E-state index contributed by atoms with van der Waals surface area (Å²) < 4.78 is 36.4. The van der Waals surface area contributed by atoms with Gasteiger partial charge in [-0.2, -0.15) is 8.42 Å². The van der Waals surface area contributed by atoms with E-state index in [1.54, 1.807) is 20.8 Å². The van der Waals surface area contributed by atoms with Crippen molar-refractivity contribution in [1.29, 1.82) is 0 Å². The van der Waals surface area contributed by atoms with Crippen molar-refractivity contribution >= 4 is 39.1 Å². The van der Waals surface area contributed by atoms with Gasteiger partial charge >= 0.3 is 5.97 Å². The predicted octanol–water partition coefficient (Wildman–Crippen LogP) is 4.41. The van der Waals surface area contributed by atoms with E-state index in [0.29, 0.717) is 5.56 Å². The Morgan fingerprint density at radius 3 is 1.82 bits per heavy atom. The van der Waals surface area contributed by atoms with Crippen molar-refractivity contribution in [3.05, 3.63) is 104 Å². The van der Waals surface area contributed by atoms with Gasteiger partial charge in [-0.05, 0) is 62.7 Å². The fourth-order valence-corrected chi connectivity index (χ4v) is 4.37. The minimum Gasteiger partial charge on any atom is -0.456 e. The summed E-state index contributed by atoms with van der Waals surface area (Å²) in [7, 11) is -4.57. The Balaban J connectivity index is 1.84. The predicted molar refractivity (Wildman–Crippen MR) is 142 cm³/mol. The van der Waals surface area contributed by atoms with Gasteiger partial charge < -0.3 is 10.1 Å². The second kappa shape index (κ2) is 12.0. The number of carbonyl (C=O) groups is 2. The maximum Gasteiger partial charge on any atom is 0.338 e. The quantitative estimate of drug-likeness (QED) is 0.158. The average molecular weight is 572 g/mol. The van der Waals surface area contributed by atoms with Crippen LogP contribution in [0.5, 0.6) is 0 Å². The number of carbonyl (C=O) groups excluding carboxylic acids is 2. The second-order valence-corrected chi connectivity index (χ2v) is 11.1. The molecule has 3 rings (SSSR count). The summed E-state index contributed by atoms with van der Waals surface area (Å²) >= 11 is 0. The first kappa shape index (κ1) is 29.9. The number of anilines is 1. The summed E-state index contributed by atoms with van der Waals surface area (Å²) in [5.41, 5.74) is -0.426. The lowest BCUT2D eigenvalue weighted by Crippen LogP contribution is -2.34. The lowest BCUT2D eigenvalue weighted by atomic mass is 10.1. The van der Waals surface area contributed by atoms with Crippen LogP contribution in [0, 0.1) is 20.2 Å². The molecular weight excluding hydrogens is 546 g/mol. The van der Waals surface area contributed by atoms with E-state index >= 15 is 0 Å². The molecular formula is C26H25N3O10S. The molecule has 0 spiro atoms. The van der Waals surface area contributed by atoms with E-state index in [4.69, 9.17) is 8.92 Å². The molecule has 0 radical (unpaired) electrons. The van der Waals surface area contributed by atoms with Crippen LogP contribution in [-0.2, 0) is 30.3 Å². The van der Waals surface area contributed by atoms with E-state index in [2.05, 4.69) is 5.32 Å². The Morgan fingerprint density at radius 2 is 1.35 bits per heavy atom. The molecule has 0 saturated carbocycles. The average Bonchev–Trinajstić information content (AvgIpc) is 2.88. The third kappa shape index (κ3) is 8.15. The maximum atomic E-state index is 13.2. The molecule has 3 aromatic carbocycles. The van der Waals surface area contributed by atoms with Crippen molar-refractivity contribution in [2.45, 2.75) is 43.8 Å². The van der Waals surface area contributed by atoms with Gasteiger partial charge in [-0.1, -0.05) is 12.1 Å². The van der Waals surface area contributed by atoms with Gasteiger partial charge in [0, 0.05) is 36.4 Å². The Labute approximate surface area is 229 Å². The van der Waals surface area contributed by atoms with Gasteiger partial charge in [-0.25, -0.2) is 4.79 Å². The molecule has 0 saturated heterocycles. The molecule has 0 fully saturated rings. The summed E-state index contributed by atoms with van der Waals surface area (Å²) in [6, 6.07) is 14.7. The van der Waals surface area contributed by atoms with Crippen LogP contribution in [0.15, 0.2) is 77.7 Å². The summed E-state index contributed by atoms with van der Waals surface area (Å²) in [6.07, 6.45) is -1.92. The highest BCUT2D eigenvalue weighted by atomic mass is 32.2. The number of ether oxygens (including phenoxy) is 1. The third-order valence-electron chi connectivity index (χ3n) is 5.23. The molecule has 1 atom stereocenters. The molecule has 40 heavy (non-hydrogen) atoms. The fraction of sp³-hybridized carbons (Fsp3) is 0.231. The number of nitrogens with zero attached hydrogens (tertiary/aromatic N) is 2. The van der Waals surface area contributed by atoms with Crippen LogP contribution in [0.25, 0.3) is 0 Å². The van der Waals surface area contributed by atoms with Crippen LogP contribution in [-0.4, -0.2) is 41.8 Å². The molecule has 14 heteroatoms. The molecule has 1 N–H and O–H groups in total. The van der Waals surface area contributed by atoms with E-state index in [0.717, 1.165) is 24.3 Å². The molecule has 1 amide bonds. The van der Waals surface area contributed by atoms with Crippen LogP contribution < -0.4 is 5.32 Å². The van der Waals surface area contributed by atoms with E-state index in [1.165, 1.54) is 48.5 Å². The number of hydrogen-bond acceptors (Lipinski definition) is 10. The van der Waals surface area contributed by atoms with Crippen LogP contribution in [0.4, 0.5) is 17.1 Å². The SMILES string of the molecule is CC(C)(C)OC(=O)c1ccc(NC(=O)C(Cc2ccc([N+](=O)[O-])cc2)OS(=O)(=O)c2ccc([N+](=O)[O-])cc2)cc1. The topological polar surface area (TPSA) is 185 Å². The second-order valence-electron chi connectivity index (χ2n) is 9.49. The molecule has 0 aliphatic rings. The van der Waals surface area contributed by atoms with Crippen molar-refractivity contribution in [2.24, 2.45) is 0 Å². The zero-order valence-corrected chi connectivity index (χ0v) is 22.4. The number of nitro groups is 2. The van der Waals surface area contributed by atoms with Crippen molar-refractivity contribution in [3.63, 3.8) is 0 Å². The van der Waals surface area contributed by atoms with E-state index in [1.807, 2.05) is 0 Å². The zero-order chi connectivity index (χ0) is 29.7. The molecule has 0 heterocycles. The van der Waals surface area contributed by atoms with Gasteiger partial charge in [0.15, 0.2) is 6.10 Å². The molecule has 0 aromatic heterocycles. The van der Waals surface area contributed by atoms with Gasteiger partial charge in [0.1, 0.15) is 5.60 Å². The Kier molecular flexibility index (Phi) is 8.96. The summed E-state index contributed by atoms with van der Waals surface area (Å²) in [5.74, 6) is -1.44. The highest BCUT2D eigenvalue weighted by Crippen LogP contribution is 2.22. The molecule has 0 bridgehead atoms. The number of hydrogen-bond donors (Lipinski definition) is 1. The van der Waals surface area contributed by atoms with E-state index in [-0.39, 0.29) is 29.0 Å². The van der Waals surface area contributed by atoms with Gasteiger partial charge in [0.2, 0.25) is 0 Å². The first-order chi connectivity index (χ1) is 18.6. The van der Waals surface area contributed by atoms with Gasteiger partial charge in [-0.3, -0.25) is 29.2 Å². The van der Waals surface area contributed by atoms with E-state index < -0.39 is 48.4 Å². The minimum absolute atomic E-state index is 0.200. The van der Waals surface area contributed by atoms with Gasteiger partial charge in [0.05, 0.1) is 20.3 Å². The normalized spacial score (nSPS) is 12.3. The van der Waals surface area contributed by atoms with Gasteiger partial charge in [0.25, 0.3) is 27.4 Å². The lowest BCUT2D eigenvalue weighted by Gasteiger charge is -2.20. The molecule has 0 aliphatic heterocycles. The van der Waals surface area contributed by atoms with Crippen LogP contribution in [0.3, 0.4) is 0 Å². The van der Waals surface area contributed by atoms with Crippen molar-refractivity contribution in [3.8, 4) is 0 Å². The molecule has 210 valence electrons. The number of nitrogens with one attached hydrogen (secondary N) is 1. The highest BCUT2D eigenvalue weighted by Gasteiger charge is 2.29. The fourth-order valence-electron chi connectivity index (χ4n) is 3.33. The Hall–Kier alpha value is -4.69. The Bertz CT molecular complexity index is 1510. The Morgan fingerprint density at radius 1 is 0.850 bits per heavy atom. The number of amides is 1. The lowest BCUT2D eigenvalue weighted by molar-refractivity contribution is -0.385. The number of benzene rings is 3.